The highest BCUT2D eigenvalue weighted by Crippen LogP contribution is 2.34. The third-order valence-electron chi connectivity index (χ3n) is 4.22. The average molecular weight is 366 g/mol. The number of fused-ring (bicyclic) bond motifs is 1. The zero-order valence-corrected chi connectivity index (χ0v) is 15.1. The molecule has 0 aliphatic carbocycles. The normalized spacial score (nSPS) is 12.2. The third-order valence-corrected chi connectivity index (χ3v) is 5.21. The highest BCUT2D eigenvalue weighted by molar-refractivity contribution is 7.18. The van der Waals surface area contributed by atoms with Crippen molar-refractivity contribution in [3.05, 3.63) is 53.6 Å². The van der Waals surface area contributed by atoms with Gasteiger partial charge in [0.15, 0.2) is 0 Å². The van der Waals surface area contributed by atoms with Gasteiger partial charge >= 0.3 is 0 Å². The first-order chi connectivity index (χ1) is 12.8. The van der Waals surface area contributed by atoms with Gasteiger partial charge in [-0.2, -0.15) is 0 Å². The number of methoxy groups -OCH3 is 1. The molecule has 132 valence electrons. The first-order valence-electron chi connectivity index (χ1n) is 8.27. The molecule has 0 fully saturated rings. The van der Waals surface area contributed by atoms with E-state index in [0.717, 1.165) is 39.2 Å². The molecule has 1 N–H and O–H groups in total. The van der Waals surface area contributed by atoms with E-state index in [1.54, 1.807) is 7.11 Å². The van der Waals surface area contributed by atoms with Crippen LogP contribution in [0.3, 0.4) is 0 Å². The molecule has 6 nitrogen and oxygen atoms in total. The molecular formula is C19H18N4O2S. The Morgan fingerprint density at radius 1 is 1.19 bits per heavy atom. The molecule has 1 aliphatic heterocycles. The second-order valence-corrected chi connectivity index (χ2v) is 6.81. The minimum absolute atomic E-state index is 0.0270. The Kier molecular flexibility index (Phi) is 4.64. The molecule has 0 bridgehead atoms. The second-order valence-electron chi connectivity index (χ2n) is 5.85. The molecule has 2 heterocycles. The molecule has 2 aromatic carbocycles. The number of aromatic nitrogens is 2. The van der Waals surface area contributed by atoms with E-state index >= 15 is 0 Å². The molecule has 0 spiro atoms. The Bertz CT molecular complexity index is 954. The number of nitrogens with zero attached hydrogens (tertiary/aromatic N) is 4. The van der Waals surface area contributed by atoms with Gasteiger partial charge in [-0.3, -0.25) is 4.99 Å². The van der Waals surface area contributed by atoms with Crippen molar-refractivity contribution in [3.63, 3.8) is 0 Å². The number of aliphatic imine (C=N–C) groups is 1. The van der Waals surface area contributed by atoms with Gasteiger partial charge in [0.1, 0.15) is 10.8 Å². The van der Waals surface area contributed by atoms with Gasteiger partial charge in [0.05, 0.1) is 20.3 Å². The maximum atomic E-state index is 9.52. The molecule has 0 saturated carbocycles. The molecule has 1 aromatic heterocycles. The number of aliphatic hydroxyl groups is 1. The minimum atomic E-state index is 0.0270. The molecular weight excluding hydrogens is 348 g/mol. The van der Waals surface area contributed by atoms with Crippen LogP contribution in [0, 0.1) is 0 Å². The molecule has 7 heteroatoms. The summed E-state index contributed by atoms with van der Waals surface area (Å²) in [5.74, 6) is 0.782. The molecule has 1 aliphatic rings. The standard InChI is InChI=1S/C19H18N4O2S/c1-25-17-4-2-3-13(10-17)18-21-22-19(26-18)23(7-8-24)16-6-5-14-11-20-12-15(14)9-16/h2-6,9-10,12,24H,7-8,11H2,1H3. The molecule has 26 heavy (non-hydrogen) atoms. The van der Waals surface area contributed by atoms with Gasteiger partial charge in [-0.25, -0.2) is 0 Å². The Balaban J connectivity index is 1.67. The monoisotopic (exact) mass is 366 g/mol. The van der Waals surface area contributed by atoms with E-state index in [0.29, 0.717) is 6.54 Å². The van der Waals surface area contributed by atoms with E-state index in [-0.39, 0.29) is 6.61 Å². The van der Waals surface area contributed by atoms with Crippen molar-refractivity contribution in [1.29, 1.82) is 0 Å². The number of anilines is 2. The van der Waals surface area contributed by atoms with Gasteiger partial charge in [-0.05, 0) is 35.4 Å². The SMILES string of the molecule is COc1cccc(-c2nnc(N(CCO)c3ccc4c(c3)C=NC4)s2)c1. The van der Waals surface area contributed by atoms with Gasteiger partial charge < -0.3 is 14.7 Å². The summed E-state index contributed by atoms with van der Waals surface area (Å²) >= 11 is 1.48. The lowest BCUT2D eigenvalue weighted by atomic mass is 10.1. The van der Waals surface area contributed by atoms with Crippen molar-refractivity contribution in [2.24, 2.45) is 4.99 Å². The first-order valence-corrected chi connectivity index (χ1v) is 9.09. The third kappa shape index (κ3) is 3.18. The second kappa shape index (κ2) is 7.23. The molecule has 0 radical (unpaired) electrons. The van der Waals surface area contributed by atoms with Crippen molar-refractivity contribution in [1.82, 2.24) is 10.2 Å². The topological polar surface area (TPSA) is 70.8 Å². The Morgan fingerprint density at radius 2 is 2.12 bits per heavy atom. The van der Waals surface area contributed by atoms with E-state index in [2.05, 4.69) is 27.3 Å². The predicted molar refractivity (Wildman–Crippen MR) is 104 cm³/mol. The summed E-state index contributed by atoms with van der Waals surface area (Å²) in [6, 6.07) is 13.9. The summed E-state index contributed by atoms with van der Waals surface area (Å²) in [7, 11) is 1.64. The van der Waals surface area contributed by atoms with Crippen LogP contribution in [0.4, 0.5) is 10.8 Å². The summed E-state index contributed by atoms with van der Waals surface area (Å²) in [6.45, 7) is 1.20. The van der Waals surface area contributed by atoms with Crippen LogP contribution in [0.1, 0.15) is 11.1 Å². The fraction of sp³-hybridized carbons (Fsp3) is 0.211. The molecule has 0 unspecified atom stereocenters. The molecule has 3 aromatic rings. The summed E-state index contributed by atoms with van der Waals surface area (Å²) in [5.41, 5.74) is 4.26. The van der Waals surface area contributed by atoms with Crippen molar-refractivity contribution < 1.29 is 9.84 Å². The van der Waals surface area contributed by atoms with Crippen LogP contribution in [0.15, 0.2) is 47.5 Å². The first kappa shape index (κ1) is 16.7. The maximum Gasteiger partial charge on any atom is 0.213 e. The van der Waals surface area contributed by atoms with E-state index in [9.17, 15) is 5.11 Å². The average Bonchev–Trinajstić information content (AvgIpc) is 3.35. The Hall–Kier alpha value is -2.77. The number of rotatable bonds is 6. The summed E-state index contributed by atoms with van der Waals surface area (Å²) in [5, 5.41) is 19.7. The predicted octanol–water partition coefficient (Wildman–Crippen LogP) is 3.28. The molecule has 0 saturated heterocycles. The number of hydrogen-bond acceptors (Lipinski definition) is 7. The lowest BCUT2D eigenvalue weighted by Gasteiger charge is -2.20. The van der Waals surface area contributed by atoms with Crippen LogP contribution in [-0.2, 0) is 6.54 Å². The van der Waals surface area contributed by atoms with Gasteiger partial charge in [-0.1, -0.05) is 29.5 Å². The Labute approximate surface area is 155 Å². The quantitative estimate of drug-likeness (QED) is 0.725. The largest absolute Gasteiger partial charge is 0.497 e. The number of hydrogen-bond donors (Lipinski definition) is 1. The smallest absolute Gasteiger partial charge is 0.213 e. The number of ether oxygens (including phenoxy) is 1. The maximum absolute atomic E-state index is 9.52. The van der Waals surface area contributed by atoms with E-state index < -0.39 is 0 Å². The van der Waals surface area contributed by atoms with E-state index in [1.807, 2.05) is 41.4 Å². The summed E-state index contributed by atoms with van der Waals surface area (Å²) in [4.78, 5) is 6.28. The summed E-state index contributed by atoms with van der Waals surface area (Å²) in [6.07, 6.45) is 1.89. The zero-order chi connectivity index (χ0) is 17.9. The van der Waals surface area contributed by atoms with Crippen LogP contribution >= 0.6 is 11.3 Å². The van der Waals surface area contributed by atoms with Gasteiger partial charge in [0, 0.05) is 24.0 Å². The van der Waals surface area contributed by atoms with Gasteiger partial charge in [-0.15, -0.1) is 10.2 Å². The highest BCUT2D eigenvalue weighted by atomic mass is 32.1. The Morgan fingerprint density at radius 3 is 2.96 bits per heavy atom. The van der Waals surface area contributed by atoms with Crippen molar-refractivity contribution in [2.75, 3.05) is 25.2 Å². The van der Waals surface area contributed by atoms with Crippen LogP contribution in [-0.4, -0.2) is 41.8 Å². The van der Waals surface area contributed by atoms with Gasteiger partial charge in [0.25, 0.3) is 0 Å². The number of benzene rings is 2. The molecule has 4 rings (SSSR count). The van der Waals surface area contributed by atoms with E-state index in [4.69, 9.17) is 4.74 Å². The fourth-order valence-corrected chi connectivity index (χ4v) is 3.78. The number of aliphatic hydroxyl groups excluding tert-OH is 1. The minimum Gasteiger partial charge on any atom is -0.497 e. The van der Waals surface area contributed by atoms with Crippen LogP contribution in [0.2, 0.25) is 0 Å². The summed E-state index contributed by atoms with van der Waals surface area (Å²) < 4.78 is 5.28. The highest BCUT2D eigenvalue weighted by Gasteiger charge is 2.17. The van der Waals surface area contributed by atoms with Crippen LogP contribution < -0.4 is 9.64 Å². The molecule has 0 atom stereocenters. The lowest BCUT2D eigenvalue weighted by Crippen LogP contribution is -2.21. The van der Waals surface area contributed by atoms with Crippen molar-refractivity contribution >= 4 is 28.4 Å². The van der Waals surface area contributed by atoms with Crippen LogP contribution in [0.5, 0.6) is 5.75 Å². The van der Waals surface area contributed by atoms with E-state index in [1.165, 1.54) is 16.9 Å². The fourth-order valence-electron chi connectivity index (χ4n) is 2.89. The van der Waals surface area contributed by atoms with Crippen LogP contribution in [0.25, 0.3) is 10.6 Å². The molecule has 0 amide bonds. The zero-order valence-electron chi connectivity index (χ0n) is 14.3. The van der Waals surface area contributed by atoms with Crippen molar-refractivity contribution in [3.8, 4) is 16.3 Å². The van der Waals surface area contributed by atoms with Crippen molar-refractivity contribution in [2.45, 2.75) is 6.54 Å². The lowest BCUT2D eigenvalue weighted by molar-refractivity contribution is 0.305. The van der Waals surface area contributed by atoms with Gasteiger partial charge in [0.2, 0.25) is 5.13 Å².